The number of unbranched alkanes of at least 4 members (excludes halogenated alkanes) is 1. The van der Waals surface area contributed by atoms with Crippen molar-refractivity contribution >= 4 is 23.3 Å². The minimum atomic E-state index is -0.971. The van der Waals surface area contributed by atoms with Crippen LogP contribution in [0.15, 0.2) is 22.5 Å². The molecule has 0 fully saturated rings. The van der Waals surface area contributed by atoms with Crippen LogP contribution in [0.3, 0.4) is 0 Å². The number of hydrogen-bond donors (Lipinski definition) is 3. The van der Waals surface area contributed by atoms with E-state index in [1.54, 1.807) is 6.92 Å². The second-order valence-electron chi connectivity index (χ2n) is 5.41. The maximum Gasteiger partial charge on any atom is 0.305 e. The molecule has 1 atom stereocenters. The number of methoxy groups -OCH3 is 1. The lowest BCUT2D eigenvalue weighted by molar-refractivity contribution is -0.140. The molecule has 130 valence electrons. The molecular formula is C16H27N3O3S. The van der Waals surface area contributed by atoms with Gasteiger partial charge < -0.3 is 20.5 Å². The summed E-state index contributed by atoms with van der Waals surface area (Å²) in [4.78, 5) is 16.4. The van der Waals surface area contributed by atoms with E-state index in [1.807, 2.05) is 24.4 Å². The van der Waals surface area contributed by atoms with E-state index < -0.39 is 5.60 Å². The highest BCUT2D eigenvalue weighted by Gasteiger charge is 2.23. The standard InChI is InChI=1S/C16H27N3O3S/c1-4-17-15(18-10-6-5-9-14(20)22-3)19-12-16(2,21)13-8-7-11-23-13/h7-8,11,21H,4-6,9-10,12H2,1-3H3,(H2,17,18,19). The van der Waals surface area contributed by atoms with Gasteiger partial charge in [0.15, 0.2) is 5.96 Å². The third-order valence-electron chi connectivity index (χ3n) is 3.27. The van der Waals surface area contributed by atoms with Gasteiger partial charge in [-0.2, -0.15) is 0 Å². The number of aliphatic imine (C=N–C) groups is 1. The van der Waals surface area contributed by atoms with Crippen LogP contribution in [0, 0.1) is 0 Å². The van der Waals surface area contributed by atoms with Gasteiger partial charge in [0.25, 0.3) is 0 Å². The molecule has 1 rings (SSSR count). The first-order valence-corrected chi connectivity index (χ1v) is 8.73. The van der Waals surface area contributed by atoms with Crippen LogP contribution in [0.4, 0.5) is 0 Å². The molecule has 3 N–H and O–H groups in total. The average Bonchev–Trinajstić information content (AvgIpc) is 3.07. The maximum absolute atomic E-state index is 11.0. The van der Waals surface area contributed by atoms with Crippen molar-refractivity contribution in [3.8, 4) is 0 Å². The number of carbonyl (C=O) groups excluding carboxylic acids is 1. The van der Waals surface area contributed by atoms with Crippen LogP contribution in [0.25, 0.3) is 0 Å². The Morgan fingerprint density at radius 1 is 1.43 bits per heavy atom. The second-order valence-corrected chi connectivity index (χ2v) is 6.35. The van der Waals surface area contributed by atoms with E-state index in [-0.39, 0.29) is 12.5 Å². The molecule has 1 aromatic rings. The minimum absolute atomic E-state index is 0.183. The zero-order valence-corrected chi connectivity index (χ0v) is 14.9. The van der Waals surface area contributed by atoms with Crippen LogP contribution in [-0.4, -0.2) is 43.8 Å². The van der Waals surface area contributed by atoms with E-state index in [0.29, 0.717) is 18.9 Å². The van der Waals surface area contributed by atoms with Gasteiger partial charge in [0.1, 0.15) is 5.60 Å². The number of aliphatic hydroxyl groups is 1. The van der Waals surface area contributed by atoms with E-state index in [4.69, 9.17) is 0 Å². The van der Waals surface area contributed by atoms with E-state index >= 15 is 0 Å². The monoisotopic (exact) mass is 341 g/mol. The van der Waals surface area contributed by atoms with Crippen LogP contribution in [0.5, 0.6) is 0 Å². The van der Waals surface area contributed by atoms with Gasteiger partial charge in [0, 0.05) is 24.4 Å². The number of rotatable bonds is 9. The highest BCUT2D eigenvalue weighted by Crippen LogP contribution is 2.25. The second kappa shape index (κ2) is 10.2. The Hall–Kier alpha value is -1.60. The summed E-state index contributed by atoms with van der Waals surface area (Å²) in [5.41, 5.74) is -0.971. The van der Waals surface area contributed by atoms with Gasteiger partial charge in [-0.05, 0) is 38.1 Å². The molecule has 0 aliphatic rings. The van der Waals surface area contributed by atoms with Crippen molar-refractivity contribution in [1.29, 1.82) is 0 Å². The lowest BCUT2D eigenvalue weighted by atomic mass is 10.1. The minimum Gasteiger partial charge on any atom is -0.469 e. The summed E-state index contributed by atoms with van der Waals surface area (Å²) in [5, 5.41) is 18.8. The van der Waals surface area contributed by atoms with E-state index in [9.17, 15) is 9.90 Å². The van der Waals surface area contributed by atoms with Crippen molar-refractivity contribution in [1.82, 2.24) is 10.6 Å². The van der Waals surface area contributed by atoms with Gasteiger partial charge in [-0.15, -0.1) is 11.3 Å². The van der Waals surface area contributed by atoms with Crippen LogP contribution < -0.4 is 10.6 Å². The number of esters is 1. The number of hydrogen-bond acceptors (Lipinski definition) is 5. The summed E-state index contributed by atoms with van der Waals surface area (Å²) in [6.45, 7) is 5.50. The van der Waals surface area contributed by atoms with E-state index in [0.717, 1.165) is 24.3 Å². The number of guanidine groups is 1. The van der Waals surface area contributed by atoms with Gasteiger partial charge in [-0.1, -0.05) is 6.07 Å². The molecule has 0 spiro atoms. The van der Waals surface area contributed by atoms with E-state index in [1.165, 1.54) is 18.4 Å². The molecule has 0 bridgehead atoms. The molecule has 7 heteroatoms. The first-order chi connectivity index (χ1) is 11.0. The Labute approximate surface area is 142 Å². The number of thiophene rings is 1. The predicted molar refractivity (Wildman–Crippen MR) is 93.7 cm³/mol. The summed E-state index contributed by atoms with van der Waals surface area (Å²) in [7, 11) is 1.40. The summed E-state index contributed by atoms with van der Waals surface area (Å²) in [6.07, 6.45) is 2.05. The van der Waals surface area contributed by atoms with Crippen LogP contribution in [0.1, 0.15) is 38.0 Å². The molecule has 0 saturated carbocycles. The molecule has 0 aromatic carbocycles. The Morgan fingerprint density at radius 2 is 2.22 bits per heavy atom. The fraction of sp³-hybridized carbons (Fsp3) is 0.625. The SMILES string of the molecule is CCNC(=NCC(C)(O)c1cccs1)NCCCCC(=O)OC. The first-order valence-electron chi connectivity index (χ1n) is 7.85. The lowest BCUT2D eigenvalue weighted by Crippen LogP contribution is -2.39. The molecule has 0 aliphatic carbocycles. The number of carbonyl (C=O) groups is 1. The maximum atomic E-state index is 11.0. The quantitative estimate of drug-likeness (QED) is 0.276. The summed E-state index contributed by atoms with van der Waals surface area (Å²) in [6, 6.07) is 3.83. The fourth-order valence-electron chi connectivity index (χ4n) is 1.94. The van der Waals surface area contributed by atoms with E-state index in [2.05, 4.69) is 20.4 Å². The zero-order chi connectivity index (χ0) is 17.1. The van der Waals surface area contributed by atoms with Crippen molar-refractivity contribution in [2.75, 3.05) is 26.7 Å². The lowest BCUT2D eigenvalue weighted by Gasteiger charge is -2.20. The normalized spacial score (nSPS) is 14.2. The topological polar surface area (TPSA) is 83.0 Å². The first kappa shape index (κ1) is 19.4. The summed E-state index contributed by atoms with van der Waals surface area (Å²) >= 11 is 1.52. The van der Waals surface area contributed by atoms with Crippen molar-refractivity contribution in [3.05, 3.63) is 22.4 Å². The number of ether oxygens (including phenoxy) is 1. The molecule has 0 aliphatic heterocycles. The Bertz CT molecular complexity index is 487. The van der Waals surface area contributed by atoms with Gasteiger partial charge in [-0.25, -0.2) is 4.99 Å². The van der Waals surface area contributed by atoms with Gasteiger partial charge >= 0.3 is 5.97 Å². The average molecular weight is 341 g/mol. The molecule has 23 heavy (non-hydrogen) atoms. The molecule has 1 unspecified atom stereocenters. The Morgan fingerprint density at radius 3 is 2.83 bits per heavy atom. The third-order valence-corrected chi connectivity index (χ3v) is 4.39. The third kappa shape index (κ3) is 7.47. The Balaban J connectivity index is 2.42. The largest absolute Gasteiger partial charge is 0.469 e. The fourth-order valence-corrected chi connectivity index (χ4v) is 2.72. The molecule has 0 amide bonds. The molecule has 1 heterocycles. The van der Waals surface area contributed by atoms with Gasteiger partial charge in [-0.3, -0.25) is 4.79 Å². The molecule has 0 saturated heterocycles. The van der Waals surface area contributed by atoms with Crippen molar-refractivity contribution < 1.29 is 14.6 Å². The predicted octanol–water partition coefficient (Wildman–Crippen LogP) is 1.85. The number of nitrogens with one attached hydrogen (secondary N) is 2. The highest BCUT2D eigenvalue weighted by molar-refractivity contribution is 7.10. The van der Waals surface area contributed by atoms with Crippen LogP contribution >= 0.6 is 11.3 Å². The molecule has 1 aromatic heterocycles. The van der Waals surface area contributed by atoms with Crippen LogP contribution in [0.2, 0.25) is 0 Å². The summed E-state index contributed by atoms with van der Waals surface area (Å²) in [5.74, 6) is 0.486. The van der Waals surface area contributed by atoms with Crippen molar-refractivity contribution in [2.24, 2.45) is 4.99 Å². The smallest absolute Gasteiger partial charge is 0.305 e. The number of nitrogens with zero attached hydrogens (tertiary/aromatic N) is 1. The summed E-state index contributed by atoms with van der Waals surface area (Å²) < 4.78 is 4.61. The molecular weight excluding hydrogens is 314 g/mol. The molecule has 0 radical (unpaired) electrons. The molecule has 6 nitrogen and oxygen atoms in total. The van der Waals surface area contributed by atoms with Crippen molar-refractivity contribution in [2.45, 2.75) is 38.7 Å². The Kier molecular flexibility index (Phi) is 8.65. The van der Waals surface area contributed by atoms with Gasteiger partial charge in [0.2, 0.25) is 0 Å². The highest BCUT2D eigenvalue weighted by atomic mass is 32.1. The van der Waals surface area contributed by atoms with Crippen molar-refractivity contribution in [3.63, 3.8) is 0 Å². The van der Waals surface area contributed by atoms with Crippen LogP contribution in [-0.2, 0) is 15.1 Å². The zero-order valence-electron chi connectivity index (χ0n) is 14.1. The van der Waals surface area contributed by atoms with Gasteiger partial charge in [0.05, 0.1) is 13.7 Å².